The molecule has 0 radical (unpaired) electrons. The summed E-state index contributed by atoms with van der Waals surface area (Å²) in [6.07, 6.45) is 2.80. The summed E-state index contributed by atoms with van der Waals surface area (Å²) >= 11 is 0. The summed E-state index contributed by atoms with van der Waals surface area (Å²) in [6.45, 7) is 10.2. The summed E-state index contributed by atoms with van der Waals surface area (Å²) in [4.78, 5) is 0. The van der Waals surface area contributed by atoms with Crippen molar-refractivity contribution < 1.29 is 18.4 Å². The predicted octanol–water partition coefficient (Wildman–Crippen LogP) is 4.37. The van der Waals surface area contributed by atoms with Gasteiger partial charge in [-0.25, -0.2) is 4.39 Å². The SMILES string of the molecule is Cc1cc(F)ccc1C[C@@H]1CCc2cc(B3OC(C)(C)C(C)(C)O3)ccc2O1. The van der Waals surface area contributed by atoms with E-state index in [0.29, 0.717) is 0 Å². The van der Waals surface area contributed by atoms with E-state index in [4.69, 9.17) is 14.0 Å². The Kier molecular flexibility index (Phi) is 4.79. The fourth-order valence-corrected chi connectivity index (χ4v) is 3.87. The van der Waals surface area contributed by atoms with Gasteiger partial charge in [0.15, 0.2) is 0 Å². The fourth-order valence-electron chi connectivity index (χ4n) is 3.87. The molecule has 2 aliphatic heterocycles. The lowest BCUT2D eigenvalue weighted by Gasteiger charge is -2.32. The van der Waals surface area contributed by atoms with Crippen molar-refractivity contribution in [1.29, 1.82) is 0 Å². The molecule has 0 N–H and O–H groups in total. The molecule has 4 rings (SSSR count). The zero-order valence-corrected chi connectivity index (χ0v) is 17.3. The summed E-state index contributed by atoms with van der Waals surface area (Å²) in [5.74, 6) is 0.739. The fraction of sp³-hybridized carbons (Fsp3) is 0.478. The molecule has 0 bridgehead atoms. The maximum absolute atomic E-state index is 13.3. The first-order valence-corrected chi connectivity index (χ1v) is 10.0. The van der Waals surface area contributed by atoms with Crippen molar-refractivity contribution in [3.05, 3.63) is 58.9 Å². The summed E-state index contributed by atoms with van der Waals surface area (Å²) in [7, 11) is -0.352. The Balaban J connectivity index is 1.48. The van der Waals surface area contributed by atoms with E-state index in [1.807, 2.05) is 25.1 Å². The molecule has 1 fully saturated rings. The number of benzene rings is 2. The molecule has 1 saturated heterocycles. The van der Waals surface area contributed by atoms with E-state index in [1.165, 1.54) is 11.6 Å². The molecular formula is C23H28BFO3. The van der Waals surface area contributed by atoms with Gasteiger partial charge in [0.1, 0.15) is 17.7 Å². The molecule has 0 spiro atoms. The van der Waals surface area contributed by atoms with E-state index in [1.54, 1.807) is 6.07 Å². The third kappa shape index (κ3) is 3.58. The highest BCUT2D eigenvalue weighted by Gasteiger charge is 2.51. The van der Waals surface area contributed by atoms with E-state index in [0.717, 1.165) is 41.6 Å². The number of hydrogen-bond acceptors (Lipinski definition) is 3. The first-order valence-electron chi connectivity index (χ1n) is 10.0. The van der Waals surface area contributed by atoms with Crippen LogP contribution in [0, 0.1) is 12.7 Å². The van der Waals surface area contributed by atoms with Gasteiger partial charge >= 0.3 is 7.12 Å². The topological polar surface area (TPSA) is 27.7 Å². The van der Waals surface area contributed by atoms with Crippen LogP contribution < -0.4 is 10.2 Å². The first kappa shape index (κ1) is 19.5. The number of aryl methyl sites for hydroxylation is 2. The molecule has 1 atom stereocenters. The number of halogens is 1. The summed E-state index contributed by atoms with van der Waals surface area (Å²) in [5.41, 5.74) is 3.66. The lowest BCUT2D eigenvalue weighted by molar-refractivity contribution is 0.00578. The lowest BCUT2D eigenvalue weighted by Crippen LogP contribution is -2.41. The minimum atomic E-state index is -0.352. The van der Waals surface area contributed by atoms with Crippen molar-refractivity contribution in [2.24, 2.45) is 0 Å². The minimum Gasteiger partial charge on any atom is -0.490 e. The molecule has 0 amide bonds. The van der Waals surface area contributed by atoms with Crippen LogP contribution in [0.1, 0.15) is 50.8 Å². The van der Waals surface area contributed by atoms with Crippen molar-refractivity contribution in [2.75, 3.05) is 0 Å². The Morgan fingerprint density at radius 2 is 1.75 bits per heavy atom. The van der Waals surface area contributed by atoms with Crippen molar-refractivity contribution in [2.45, 2.75) is 71.2 Å². The van der Waals surface area contributed by atoms with E-state index < -0.39 is 0 Å². The molecule has 3 nitrogen and oxygen atoms in total. The molecule has 0 unspecified atom stereocenters. The van der Waals surface area contributed by atoms with E-state index >= 15 is 0 Å². The maximum atomic E-state index is 13.3. The summed E-state index contributed by atoms with van der Waals surface area (Å²) in [6, 6.07) is 11.2. The Hall–Kier alpha value is -1.85. The normalized spacial score (nSPS) is 22.6. The number of fused-ring (bicyclic) bond motifs is 1. The number of ether oxygens (including phenoxy) is 1. The predicted molar refractivity (Wildman–Crippen MR) is 110 cm³/mol. The van der Waals surface area contributed by atoms with Gasteiger partial charge in [0, 0.05) is 6.42 Å². The van der Waals surface area contributed by atoms with Crippen molar-refractivity contribution in [1.82, 2.24) is 0 Å². The monoisotopic (exact) mass is 382 g/mol. The van der Waals surface area contributed by atoms with Crippen LogP contribution in [0.4, 0.5) is 4.39 Å². The zero-order valence-electron chi connectivity index (χ0n) is 17.3. The second kappa shape index (κ2) is 6.89. The largest absolute Gasteiger partial charge is 0.494 e. The van der Waals surface area contributed by atoms with E-state index in [-0.39, 0.29) is 30.2 Å². The van der Waals surface area contributed by atoms with Crippen LogP contribution in [0.5, 0.6) is 5.75 Å². The second-order valence-electron chi connectivity index (χ2n) is 9.01. The van der Waals surface area contributed by atoms with Crippen LogP contribution in [0.25, 0.3) is 0 Å². The third-order valence-electron chi connectivity index (χ3n) is 6.39. The van der Waals surface area contributed by atoms with Gasteiger partial charge in [-0.3, -0.25) is 0 Å². The highest BCUT2D eigenvalue weighted by molar-refractivity contribution is 6.62. The summed E-state index contributed by atoms with van der Waals surface area (Å²) < 4.78 is 31.9. The van der Waals surface area contributed by atoms with Gasteiger partial charge in [-0.1, -0.05) is 18.2 Å². The lowest BCUT2D eigenvalue weighted by atomic mass is 9.77. The Bertz CT molecular complexity index is 877. The molecule has 0 aliphatic carbocycles. The zero-order chi connectivity index (χ0) is 20.1. The Labute approximate surface area is 167 Å². The molecule has 0 saturated carbocycles. The number of hydrogen-bond donors (Lipinski definition) is 0. The van der Waals surface area contributed by atoms with Gasteiger partial charge in [0.25, 0.3) is 0 Å². The molecule has 28 heavy (non-hydrogen) atoms. The van der Waals surface area contributed by atoms with Gasteiger partial charge in [-0.15, -0.1) is 0 Å². The standard InChI is InChI=1S/C23H28BFO3/c1-15-12-19(25)9-6-16(15)14-20-10-7-17-13-18(8-11-21(17)26-20)24-27-22(2,3)23(4,5)28-24/h6,8-9,11-13,20H,7,10,14H2,1-5H3/t20-/m0/s1. The molecule has 2 aromatic rings. The molecule has 2 aliphatic rings. The molecule has 148 valence electrons. The van der Waals surface area contributed by atoms with Crippen LogP contribution in [-0.2, 0) is 22.2 Å². The van der Waals surface area contributed by atoms with Crippen molar-refractivity contribution in [3.8, 4) is 5.75 Å². The molecule has 5 heteroatoms. The highest BCUT2D eigenvalue weighted by Crippen LogP contribution is 2.37. The average molecular weight is 382 g/mol. The van der Waals surface area contributed by atoms with Crippen LogP contribution in [-0.4, -0.2) is 24.4 Å². The summed E-state index contributed by atoms with van der Waals surface area (Å²) in [5, 5.41) is 0. The Morgan fingerprint density at radius 3 is 2.43 bits per heavy atom. The van der Waals surface area contributed by atoms with Gasteiger partial charge in [-0.05, 0) is 87.8 Å². The quantitative estimate of drug-likeness (QED) is 0.738. The highest BCUT2D eigenvalue weighted by atomic mass is 19.1. The van der Waals surface area contributed by atoms with Crippen LogP contribution >= 0.6 is 0 Å². The first-order chi connectivity index (χ1) is 13.1. The van der Waals surface area contributed by atoms with Crippen LogP contribution in [0.15, 0.2) is 36.4 Å². The maximum Gasteiger partial charge on any atom is 0.494 e. The minimum absolute atomic E-state index is 0.111. The van der Waals surface area contributed by atoms with E-state index in [2.05, 4.69) is 33.8 Å². The van der Waals surface area contributed by atoms with Gasteiger partial charge in [0.05, 0.1) is 11.2 Å². The third-order valence-corrected chi connectivity index (χ3v) is 6.39. The molecular weight excluding hydrogens is 354 g/mol. The smallest absolute Gasteiger partial charge is 0.490 e. The second-order valence-corrected chi connectivity index (χ2v) is 9.01. The molecule has 0 aromatic heterocycles. The van der Waals surface area contributed by atoms with Gasteiger partial charge in [-0.2, -0.15) is 0 Å². The van der Waals surface area contributed by atoms with E-state index in [9.17, 15) is 4.39 Å². The van der Waals surface area contributed by atoms with Crippen molar-refractivity contribution in [3.63, 3.8) is 0 Å². The van der Waals surface area contributed by atoms with Crippen LogP contribution in [0.2, 0.25) is 0 Å². The molecule has 2 aromatic carbocycles. The Morgan fingerprint density at radius 1 is 1.04 bits per heavy atom. The van der Waals surface area contributed by atoms with Gasteiger partial charge < -0.3 is 14.0 Å². The van der Waals surface area contributed by atoms with Crippen molar-refractivity contribution >= 4 is 12.6 Å². The molecule has 2 heterocycles. The van der Waals surface area contributed by atoms with Gasteiger partial charge in [0.2, 0.25) is 0 Å². The number of rotatable bonds is 3. The average Bonchev–Trinajstić information content (AvgIpc) is 2.84. The van der Waals surface area contributed by atoms with Crippen LogP contribution in [0.3, 0.4) is 0 Å².